The third-order valence-electron chi connectivity index (χ3n) is 5.64. The predicted octanol–water partition coefficient (Wildman–Crippen LogP) is 0.927. The van der Waals surface area contributed by atoms with Crippen LogP contribution in [0.2, 0.25) is 0 Å². The van der Waals surface area contributed by atoms with E-state index in [0.29, 0.717) is 11.2 Å². The lowest BCUT2D eigenvalue weighted by molar-refractivity contribution is -0.202. The van der Waals surface area contributed by atoms with Crippen LogP contribution in [0.3, 0.4) is 0 Å². The third-order valence-corrected chi connectivity index (χ3v) is 7.46. The number of imidazole rings is 1. The average molecular weight is 462 g/mol. The summed E-state index contributed by atoms with van der Waals surface area (Å²) in [6.45, 7) is 5.21. The molecule has 2 aliphatic rings. The van der Waals surface area contributed by atoms with E-state index in [9.17, 15) is 13.5 Å². The second-order valence-corrected chi connectivity index (χ2v) is 10.4. The molecule has 0 radical (unpaired) electrons. The van der Waals surface area contributed by atoms with Gasteiger partial charge < -0.3 is 25.1 Å². The van der Waals surface area contributed by atoms with Gasteiger partial charge in [0, 0.05) is 0 Å². The summed E-state index contributed by atoms with van der Waals surface area (Å²) in [5.41, 5.74) is 5.53. The molecule has 170 valence electrons. The van der Waals surface area contributed by atoms with Crippen LogP contribution >= 0.6 is 0 Å². The van der Waals surface area contributed by atoms with Crippen molar-refractivity contribution in [2.75, 3.05) is 5.73 Å². The first-order valence-corrected chi connectivity index (χ1v) is 11.6. The second kappa shape index (κ2) is 7.18. The minimum absolute atomic E-state index is 0.000343. The molecule has 0 saturated carbocycles. The average Bonchev–Trinajstić information content (AvgIpc) is 3.38. The Hall–Kier alpha value is -2.64. The maximum atomic E-state index is 13.2. The number of sulfone groups is 1. The number of aryl methyl sites for hydroxylation is 1. The quantitative estimate of drug-likeness (QED) is 0.574. The van der Waals surface area contributed by atoms with E-state index < -0.39 is 45.6 Å². The Labute approximate surface area is 184 Å². The summed E-state index contributed by atoms with van der Waals surface area (Å²) >= 11 is 0. The molecule has 2 aliphatic heterocycles. The molecule has 12 heteroatoms. The Morgan fingerprint density at radius 3 is 2.69 bits per heavy atom. The maximum Gasteiger partial charge on any atom is 0.207 e. The van der Waals surface area contributed by atoms with Crippen molar-refractivity contribution in [1.29, 1.82) is 0 Å². The number of aromatic nitrogens is 4. The van der Waals surface area contributed by atoms with Crippen molar-refractivity contribution in [3.63, 3.8) is 0 Å². The summed E-state index contributed by atoms with van der Waals surface area (Å²) in [5, 5.41) is 11.0. The number of nitrogen functional groups attached to an aromatic ring is 1. The van der Waals surface area contributed by atoms with Crippen LogP contribution in [0.1, 0.15) is 25.6 Å². The highest BCUT2D eigenvalue weighted by atomic mass is 32.2. The number of hydrogen-bond acceptors (Lipinski definition) is 10. The first kappa shape index (κ1) is 21.2. The van der Waals surface area contributed by atoms with Crippen molar-refractivity contribution in [3.8, 4) is 0 Å². The van der Waals surface area contributed by atoms with E-state index in [2.05, 4.69) is 15.0 Å². The van der Waals surface area contributed by atoms with Crippen LogP contribution in [0.4, 0.5) is 5.82 Å². The SMILES string of the molecule is Cc1cccc(S(=O)(=O)C(O)[C@H]2O[C@@H](n3cnc4c(N)ncnc43)[C@@H]3OC(C)(C)O[C@@H]32)c1. The van der Waals surface area contributed by atoms with Crippen LogP contribution in [0.15, 0.2) is 41.8 Å². The van der Waals surface area contributed by atoms with Crippen LogP contribution < -0.4 is 5.73 Å². The first-order valence-electron chi connectivity index (χ1n) is 10.0. The number of benzene rings is 1. The maximum absolute atomic E-state index is 13.2. The summed E-state index contributed by atoms with van der Waals surface area (Å²) in [4.78, 5) is 12.4. The first-order chi connectivity index (χ1) is 15.1. The van der Waals surface area contributed by atoms with Gasteiger partial charge in [-0.2, -0.15) is 0 Å². The van der Waals surface area contributed by atoms with E-state index in [0.717, 1.165) is 5.56 Å². The number of aliphatic hydroxyl groups is 1. The molecule has 2 aromatic heterocycles. The topological polar surface area (TPSA) is 152 Å². The van der Waals surface area contributed by atoms with Gasteiger partial charge in [0.15, 0.2) is 28.9 Å². The zero-order valence-electron chi connectivity index (χ0n) is 17.6. The molecular weight excluding hydrogens is 438 g/mol. The van der Waals surface area contributed by atoms with Crippen molar-refractivity contribution >= 4 is 26.8 Å². The summed E-state index contributed by atoms with van der Waals surface area (Å²) in [5.74, 6) is -0.807. The van der Waals surface area contributed by atoms with Crippen molar-refractivity contribution in [1.82, 2.24) is 19.5 Å². The van der Waals surface area contributed by atoms with Gasteiger partial charge in [0.05, 0.1) is 11.2 Å². The Balaban J connectivity index is 1.54. The van der Waals surface area contributed by atoms with E-state index in [4.69, 9.17) is 19.9 Å². The largest absolute Gasteiger partial charge is 0.382 e. The van der Waals surface area contributed by atoms with Crippen molar-refractivity contribution in [3.05, 3.63) is 42.5 Å². The molecule has 1 aromatic carbocycles. The van der Waals surface area contributed by atoms with E-state index in [1.807, 2.05) is 0 Å². The minimum Gasteiger partial charge on any atom is -0.382 e. The third kappa shape index (κ3) is 3.26. The highest BCUT2D eigenvalue weighted by molar-refractivity contribution is 7.92. The lowest BCUT2D eigenvalue weighted by atomic mass is 10.1. The number of fused-ring (bicyclic) bond motifs is 2. The van der Waals surface area contributed by atoms with E-state index in [1.54, 1.807) is 37.5 Å². The minimum atomic E-state index is -4.14. The van der Waals surface area contributed by atoms with Gasteiger partial charge in [-0.15, -0.1) is 0 Å². The number of hydrogen-bond donors (Lipinski definition) is 2. The molecule has 0 bridgehead atoms. The Bertz CT molecular complexity index is 1290. The molecule has 0 amide bonds. The highest BCUT2D eigenvalue weighted by Gasteiger charge is 2.59. The second-order valence-electron chi connectivity index (χ2n) is 8.39. The number of anilines is 1. The molecule has 11 nitrogen and oxygen atoms in total. The van der Waals surface area contributed by atoms with E-state index >= 15 is 0 Å². The molecule has 5 atom stereocenters. The van der Waals surface area contributed by atoms with Crippen LogP contribution in [0.25, 0.3) is 11.2 Å². The van der Waals surface area contributed by atoms with Gasteiger partial charge in [-0.05, 0) is 38.5 Å². The van der Waals surface area contributed by atoms with Gasteiger partial charge >= 0.3 is 0 Å². The fourth-order valence-corrected chi connectivity index (χ4v) is 5.70. The molecule has 3 N–H and O–H groups in total. The van der Waals surface area contributed by atoms with E-state index in [1.165, 1.54) is 24.8 Å². The number of nitrogens with two attached hydrogens (primary N) is 1. The van der Waals surface area contributed by atoms with Gasteiger partial charge in [-0.1, -0.05) is 12.1 Å². The summed E-state index contributed by atoms with van der Waals surface area (Å²) in [6.07, 6.45) is -0.864. The van der Waals surface area contributed by atoms with Crippen molar-refractivity contribution in [2.45, 2.75) is 61.4 Å². The van der Waals surface area contributed by atoms with Gasteiger partial charge in [0.2, 0.25) is 9.84 Å². The van der Waals surface area contributed by atoms with Gasteiger partial charge in [0.25, 0.3) is 0 Å². The Kier molecular flexibility index (Phi) is 4.76. The molecule has 4 heterocycles. The number of aliphatic hydroxyl groups excluding tert-OH is 1. The molecule has 0 aliphatic carbocycles. The van der Waals surface area contributed by atoms with Crippen molar-refractivity contribution < 1.29 is 27.7 Å². The standard InChI is InChI=1S/C20H23N5O6S/c1-10-5-4-6-11(7-10)32(27,28)19(26)15-13-14(31-20(2,3)30-13)18(29-15)25-9-24-12-16(21)22-8-23-17(12)25/h4-9,13-15,18-19,26H,1-3H3,(H2,21,22,23)/t13-,14+,15-,18+,19?/m0/s1. The summed E-state index contributed by atoms with van der Waals surface area (Å²) < 4.78 is 46.0. The van der Waals surface area contributed by atoms with Gasteiger partial charge in [0.1, 0.15) is 30.2 Å². The van der Waals surface area contributed by atoms with E-state index in [-0.39, 0.29) is 10.7 Å². The highest BCUT2D eigenvalue weighted by Crippen LogP contribution is 2.45. The lowest BCUT2D eigenvalue weighted by Crippen LogP contribution is -2.42. The summed E-state index contributed by atoms with van der Waals surface area (Å²) in [7, 11) is -4.14. The predicted molar refractivity (Wildman–Crippen MR) is 112 cm³/mol. The Morgan fingerprint density at radius 2 is 1.94 bits per heavy atom. The zero-order chi connectivity index (χ0) is 22.8. The number of nitrogens with zero attached hydrogens (tertiary/aromatic N) is 4. The molecule has 2 saturated heterocycles. The molecular formula is C20H23N5O6S. The zero-order valence-corrected chi connectivity index (χ0v) is 18.4. The smallest absolute Gasteiger partial charge is 0.207 e. The monoisotopic (exact) mass is 461 g/mol. The summed E-state index contributed by atoms with van der Waals surface area (Å²) in [6, 6.07) is 6.34. The van der Waals surface area contributed by atoms with Crippen LogP contribution in [0, 0.1) is 6.92 Å². The lowest BCUT2D eigenvalue weighted by Gasteiger charge is -2.26. The van der Waals surface area contributed by atoms with Crippen LogP contribution in [-0.2, 0) is 24.0 Å². The molecule has 3 aromatic rings. The normalized spacial score (nSPS) is 28.1. The van der Waals surface area contributed by atoms with Crippen LogP contribution in [-0.4, -0.2) is 62.6 Å². The molecule has 0 spiro atoms. The molecule has 1 unspecified atom stereocenters. The molecule has 32 heavy (non-hydrogen) atoms. The molecule has 2 fully saturated rings. The fourth-order valence-electron chi connectivity index (χ4n) is 4.23. The van der Waals surface area contributed by atoms with Crippen LogP contribution in [0.5, 0.6) is 0 Å². The van der Waals surface area contributed by atoms with Crippen molar-refractivity contribution in [2.24, 2.45) is 0 Å². The fraction of sp³-hybridized carbons (Fsp3) is 0.450. The van der Waals surface area contributed by atoms with Gasteiger partial charge in [-0.3, -0.25) is 4.57 Å². The Morgan fingerprint density at radius 1 is 1.19 bits per heavy atom. The number of rotatable bonds is 4. The van der Waals surface area contributed by atoms with Gasteiger partial charge in [-0.25, -0.2) is 23.4 Å². The molecule has 5 rings (SSSR count). The number of ether oxygens (including phenoxy) is 3.